The van der Waals surface area contributed by atoms with Gasteiger partial charge in [0, 0.05) is 24.7 Å². The quantitative estimate of drug-likeness (QED) is 0.682. The Kier molecular flexibility index (Phi) is 6.43. The standard InChI is InChI=1S/C12H17ClN2O2/c13-7-8-14-12(17)15-11-5-3-10(4-6-11)2-1-9-16/h3-6,16H,1-2,7-9H2,(H2,14,15,17). The summed E-state index contributed by atoms with van der Waals surface area (Å²) in [5.41, 5.74) is 1.88. The van der Waals surface area contributed by atoms with E-state index in [0.717, 1.165) is 24.1 Å². The molecule has 3 N–H and O–H groups in total. The lowest BCUT2D eigenvalue weighted by molar-refractivity contribution is 0.252. The zero-order valence-corrected chi connectivity index (χ0v) is 10.3. The summed E-state index contributed by atoms with van der Waals surface area (Å²) in [6, 6.07) is 7.30. The zero-order valence-electron chi connectivity index (χ0n) is 9.58. The predicted molar refractivity (Wildman–Crippen MR) is 69.6 cm³/mol. The Morgan fingerprint density at radius 1 is 1.29 bits per heavy atom. The monoisotopic (exact) mass is 256 g/mol. The fourth-order valence-corrected chi connectivity index (χ4v) is 1.47. The van der Waals surface area contributed by atoms with Crippen LogP contribution in [0.1, 0.15) is 12.0 Å². The van der Waals surface area contributed by atoms with Gasteiger partial charge in [-0.05, 0) is 30.5 Å². The molecule has 0 unspecified atom stereocenters. The van der Waals surface area contributed by atoms with E-state index in [1.807, 2.05) is 24.3 Å². The average Bonchev–Trinajstić information content (AvgIpc) is 2.35. The summed E-state index contributed by atoms with van der Waals surface area (Å²) >= 11 is 5.45. The number of hydrogen-bond donors (Lipinski definition) is 3. The van der Waals surface area contributed by atoms with Gasteiger partial charge in [-0.1, -0.05) is 12.1 Å². The number of benzene rings is 1. The molecule has 0 aliphatic carbocycles. The van der Waals surface area contributed by atoms with Crippen LogP contribution in [0, 0.1) is 0 Å². The Balaban J connectivity index is 2.42. The van der Waals surface area contributed by atoms with E-state index in [-0.39, 0.29) is 12.6 Å². The van der Waals surface area contributed by atoms with Crippen molar-refractivity contribution in [3.63, 3.8) is 0 Å². The second-order valence-electron chi connectivity index (χ2n) is 3.59. The number of aliphatic hydroxyl groups is 1. The third-order valence-electron chi connectivity index (χ3n) is 2.22. The first-order valence-corrected chi connectivity index (χ1v) is 6.10. The van der Waals surface area contributed by atoms with Gasteiger partial charge >= 0.3 is 6.03 Å². The number of hydrogen-bond acceptors (Lipinski definition) is 2. The van der Waals surface area contributed by atoms with E-state index in [0.29, 0.717) is 12.4 Å². The summed E-state index contributed by atoms with van der Waals surface area (Å²) in [5.74, 6) is 0.396. The molecule has 94 valence electrons. The molecular formula is C12H17ClN2O2. The van der Waals surface area contributed by atoms with Crippen LogP contribution in [0.25, 0.3) is 0 Å². The lowest BCUT2D eigenvalue weighted by atomic mass is 10.1. The topological polar surface area (TPSA) is 61.4 Å². The molecule has 17 heavy (non-hydrogen) atoms. The first kappa shape index (κ1) is 13.8. The number of anilines is 1. The number of halogens is 1. The second-order valence-corrected chi connectivity index (χ2v) is 3.97. The van der Waals surface area contributed by atoms with Gasteiger partial charge in [-0.15, -0.1) is 11.6 Å². The number of alkyl halides is 1. The molecule has 1 aromatic rings. The maximum atomic E-state index is 11.3. The summed E-state index contributed by atoms with van der Waals surface area (Å²) in [4.78, 5) is 11.3. The van der Waals surface area contributed by atoms with E-state index < -0.39 is 0 Å². The van der Waals surface area contributed by atoms with Crippen LogP contribution in [0.3, 0.4) is 0 Å². The van der Waals surface area contributed by atoms with Crippen molar-refractivity contribution in [3.8, 4) is 0 Å². The van der Waals surface area contributed by atoms with Crippen molar-refractivity contribution in [1.29, 1.82) is 0 Å². The molecule has 0 aromatic heterocycles. The van der Waals surface area contributed by atoms with Gasteiger partial charge in [0.1, 0.15) is 0 Å². The highest BCUT2D eigenvalue weighted by Gasteiger charge is 2.00. The maximum Gasteiger partial charge on any atom is 0.319 e. The summed E-state index contributed by atoms with van der Waals surface area (Å²) < 4.78 is 0. The largest absolute Gasteiger partial charge is 0.396 e. The zero-order chi connectivity index (χ0) is 12.5. The number of amides is 2. The highest BCUT2D eigenvalue weighted by atomic mass is 35.5. The van der Waals surface area contributed by atoms with Gasteiger partial charge < -0.3 is 15.7 Å². The summed E-state index contributed by atoms with van der Waals surface area (Å²) in [6.07, 6.45) is 1.60. The molecule has 0 spiro atoms. The van der Waals surface area contributed by atoms with Gasteiger partial charge in [0.2, 0.25) is 0 Å². The Bertz CT molecular complexity index is 341. The molecule has 4 nitrogen and oxygen atoms in total. The first-order valence-electron chi connectivity index (χ1n) is 5.57. The Hall–Kier alpha value is -1.26. The molecule has 0 saturated heterocycles. The van der Waals surface area contributed by atoms with Gasteiger partial charge in [-0.25, -0.2) is 4.79 Å². The van der Waals surface area contributed by atoms with Crippen molar-refractivity contribution in [3.05, 3.63) is 29.8 Å². The van der Waals surface area contributed by atoms with Crippen LogP contribution in [-0.2, 0) is 6.42 Å². The van der Waals surface area contributed by atoms with E-state index in [2.05, 4.69) is 10.6 Å². The molecule has 0 bridgehead atoms. The number of carbonyl (C=O) groups is 1. The third-order valence-corrected chi connectivity index (χ3v) is 2.40. The second kappa shape index (κ2) is 7.92. The molecule has 0 saturated carbocycles. The van der Waals surface area contributed by atoms with Gasteiger partial charge in [0.15, 0.2) is 0 Å². The number of aliphatic hydroxyl groups excluding tert-OH is 1. The third kappa shape index (κ3) is 5.56. The molecule has 0 radical (unpaired) electrons. The Labute approximate surface area is 106 Å². The molecule has 2 amide bonds. The van der Waals surface area contributed by atoms with Crippen LogP contribution in [0.15, 0.2) is 24.3 Å². The van der Waals surface area contributed by atoms with Crippen molar-refractivity contribution in [2.45, 2.75) is 12.8 Å². The first-order chi connectivity index (χ1) is 8.26. The smallest absolute Gasteiger partial charge is 0.319 e. The Morgan fingerprint density at radius 3 is 2.59 bits per heavy atom. The van der Waals surface area contributed by atoms with Crippen LogP contribution in [0.2, 0.25) is 0 Å². The minimum atomic E-state index is -0.256. The van der Waals surface area contributed by atoms with Crippen LogP contribution in [0.4, 0.5) is 10.5 Å². The molecule has 0 fully saturated rings. The SMILES string of the molecule is O=C(NCCCl)Nc1ccc(CCCO)cc1. The maximum absolute atomic E-state index is 11.3. The normalized spacial score (nSPS) is 10.0. The molecule has 0 heterocycles. The molecule has 0 aliphatic heterocycles. The predicted octanol–water partition coefficient (Wildman–Crippen LogP) is 1.97. The Morgan fingerprint density at radius 2 is 2.00 bits per heavy atom. The highest BCUT2D eigenvalue weighted by molar-refractivity contribution is 6.18. The summed E-state index contributed by atoms with van der Waals surface area (Å²) in [5, 5.41) is 14.0. The van der Waals surface area contributed by atoms with Gasteiger partial charge in [-0.2, -0.15) is 0 Å². The van der Waals surface area contributed by atoms with Gasteiger partial charge in [0.05, 0.1) is 0 Å². The van der Waals surface area contributed by atoms with Crippen LogP contribution >= 0.6 is 11.6 Å². The van der Waals surface area contributed by atoms with Crippen molar-refractivity contribution >= 4 is 23.3 Å². The van der Waals surface area contributed by atoms with E-state index in [1.54, 1.807) is 0 Å². The van der Waals surface area contributed by atoms with Crippen molar-refractivity contribution in [2.24, 2.45) is 0 Å². The van der Waals surface area contributed by atoms with Crippen molar-refractivity contribution in [1.82, 2.24) is 5.32 Å². The molecule has 5 heteroatoms. The number of urea groups is 1. The number of carbonyl (C=O) groups excluding carboxylic acids is 1. The molecule has 1 rings (SSSR count). The fourth-order valence-electron chi connectivity index (χ4n) is 1.37. The number of nitrogens with one attached hydrogen (secondary N) is 2. The van der Waals surface area contributed by atoms with Crippen LogP contribution in [-0.4, -0.2) is 30.2 Å². The van der Waals surface area contributed by atoms with Gasteiger partial charge in [-0.3, -0.25) is 0 Å². The van der Waals surface area contributed by atoms with Crippen molar-refractivity contribution < 1.29 is 9.90 Å². The van der Waals surface area contributed by atoms with E-state index in [9.17, 15) is 4.79 Å². The number of aryl methyl sites for hydroxylation is 1. The van der Waals surface area contributed by atoms with E-state index >= 15 is 0 Å². The van der Waals surface area contributed by atoms with Crippen LogP contribution in [0.5, 0.6) is 0 Å². The molecular weight excluding hydrogens is 240 g/mol. The van der Waals surface area contributed by atoms with Crippen molar-refractivity contribution in [2.75, 3.05) is 24.3 Å². The van der Waals surface area contributed by atoms with E-state index in [4.69, 9.17) is 16.7 Å². The lowest BCUT2D eigenvalue weighted by Gasteiger charge is -2.07. The lowest BCUT2D eigenvalue weighted by Crippen LogP contribution is -2.30. The summed E-state index contributed by atoms with van der Waals surface area (Å²) in [7, 11) is 0. The minimum Gasteiger partial charge on any atom is -0.396 e. The average molecular weight is 257 g/mol. The number of rotatable bonds is 6. The molecule has 1 aromatic carbocycles. The minimum absolute atomic E-state index is 0.195. The highest BCUT2D eigenvalue weighted by Crippen LogP contribution is 2.10. The fraction of sp³-hybridized carbons (Fsp3) is 0.417. The van der Waals surface area contributed by atoms with Gasteiger partial charge in [0.25, 0.3) is 0 Å². The molecule has 0 aliphatic rings. The summed E-state index contributed by atoms with van der Waals surface area (Å²) in [6.45, 7) is 0.642. The van der Waals surface area contributed by atoms with E-state index in [1.165, 1.54) is 0 Å². The molecule has 0 atom stereocenters. The van der Waals surface area contributed by atoms with Crippen LogP contribution < -0.4 is 10.6 Å².